The van der Waals surface area contributed by atoms with Crippen molar-refractivity contribution in [2.75, 3.05) is 17.2 Å². The summed E-state index contributed by atoms with van der Waals surface area (Å²) in [6.45, 7) is 4.69. The van der Waals surface area contributed by atoms with Gasteiger partial charge in [0.05, 0.1) is 0 Å². The second-order valence-corrected chi connectivity index (χ2v) is 5.00. The van der Waals surface area contributed by atoms with E-state index in [2.05, 4.69) is 9.97 Å². The zero-order valence-electron chi connectivity index (χ0n) is 11.7. The minimum absolute atomic E-state index is 0.231. The van der Waals surface area contributed by atoms with Crippen LogP contribution in [0, 0.1) is 12.7 Å². The van der Waals surface area contributed by atoms with E-state index in [-0.39, 0.29) is 5.82 Å². The number of benzene rings is 1. The van der Waals surface area contributed by atoms with E-state index in [4.69, 9.17) is 5.73 Å². The smallest absolute Gasteiger partial charge is 0.141 e. The minimum Gasteiger partial charge on any atom is -0.383 e. The lowest BCUT2D eigenvalue weighted by atomic mass is 10.1. The van der Waals surface area contributed by atoms with Crippen molar-refractivity contribution >= 4 is 17.3 Å². The molecule has 0 saturated heterocycles. The number of fused-ring (bicyclic) bond motifs is 1. The molecule has 20 heavy (non-hydrogen) atoms. The van der Waals surface area contributed by atoms with Gasteiger partial charge in [-0.15, -0.1) is 0 Å². The zero-order valence-corrected chi connectivity index (χ0v) is 11.7. The summed E-state index contributed by atoms with van der Waals surface area (Å²) in [6, 6.07) is 4.90. The molecule has 0 fully saturated rings. The number of nitrogens with two attached hydrogens (primary N) is 1. The maximum Gasteiger partial charge on any atom is 0.141 e. The van der Waals surface area contributed by atoms with Crippen molar-refractivity contribution in [3.63, 3.8) is 0 Å². The molecule has 0 radical (unpaired) electrons. The van der Waals surface area contributed by atoms with Gasteiger partial charge in [-0.25, -0.2) is 14.4 Å². The third-order valence-electron chi connectivity index (χ3n) is 3.72. The van der Waals surface area contributed by atoms with Crippen LogP contribution in [0.1, 0.15) is 23.9 Å². The predicted molar refractivity (Wildman–Crippen MR) is 77.7 cm³/mol. The van der Waals surface area contributed by atoms with E-state index in [1.807, 2.05) is 24.8 Å². The van der Waals surface area contributed by atoms with Crippen LogP contribution in [0.4, 0.5) is 21.7 Å². The Kier molecular flexibility index (Phi) is 3.04. The van der Waals surface area contributed by atoms with Gasteiger partial charge in [-0.05, 0) is 31.0 Å². The Morgan fingerprint density at radius 2 is 2.15 bits per heavy atom. The number of aromatic nitrogens is 2. The van der Waals surface area contributed by atoms with Crippen LogP contribution in [0.25, 0.3) is 0 Å². The number of hydrogen-bond donors (Lipinski definition) is 1. The molecule has 2 heterocycles. The summed E-state index contributed by atoms with van der Waals surface area (Å²) < 4.78 is 13.5. The fourth-order valence-corrected chi connectivity index (χ4v) is 2.56. The largest absolute Gasteiger partial charge is 0.383 e. The molecular formula is C15H17FN4. The van der Waals surface area contributed by atoms with Gasteiger partial charge in [0.2, 0.25) is 0 Å². The second kappa shape index (κ2) is 4.74. The molecule has 3 rings (SSSR count). The van der Waals surface area contributed by atoms with E-state index in [9.17, 15) is 4.39 Å². The highest BCUT2D eigenvalue weighted by Gasteiger charge is 2.24. The third-order valence-corrected chi connectivity index (χ3v) is 3.72. The van der Waals surface area contributed by atoms with E-state index in [0.29, 0.717) is 11.6 Å². The van der Waals surface area contributed by atoms with Gasteiger partial charge in [0.25, 0.3) is 0 Å². The number of rotatable bonds is 2. The molecule has 0 unspecified atom stereocenters. The Labute approximate surface area is 117 Å². The van der Waals surface area contributed by atoms with Crippen molar-refractivity contribution in [3.8, 4) is 0 Å². The number of hydrogen-bond acceptors (Lipinski definition) is 4. The van der Waals surface area contributed by atoms with Gasteiger partial charge in [0.1, 0.15) is 23.3 Å². The van der Waals surface area contributed by atoms with E-state index < -0.39 is 0 Å². The average molecular weight is 272 g/mol. The lowest BCUT2D eigenvalue weighted by molar-refractivity contribution is 0.628. The first-order chi connectivity index (χ1) is 9.60. The number of nitrogens with zero attached hydrogens (tertiary/aromatic N) is 3. The number of halogens is 1. The molecule has 1 aliphatic heterocycles. The Balaban J connectivity index is 2.12. The predicted octanol–water partition coefficient (Wildman–Crippen LogP) is 2.76. The molecular weight excluding hydrogens is 255 g/mol. The van der Waals surface area contributed by atoms with E-state index in [1.54, 1.807) is 6.07 Å². The fraction of sp³-hybridized carbons (Fsp3) is 0.333. The standard InChI is InChI=1S/C15H17FN4/c1-3-13-18-14(17)9(2)15(19-13)20-7-6-10-4-5-11(16)8-12(10)20/h4-5,8H,3,6-7H2,1-2H3,(H2,17,18,19). The van der Waals surface area contributed by atoms with Gasteiger partial charge in [-0.3, -0.25) is 0 Å². The molecule has 0 aliphatic carbocycles. The molecule has 4 nitrogen and oxygen atoms in total. The molecule has 1 aromatic carbocycles. The first-order valence-electron chi connectivity index (χ1n) is 6.79. The number of anilines is 3. The maximum absolute atomic E-state index is 13.5. The first kappa shape index (κ1) is 12.8. The van der Waals surface area contributed by atoms with Crippen molar-refractivity contribution in [1.29, 1.82) is 0 Å². The van der Waals surface area contributed by atoms with Crippen LogP contribution in [-0.2, 0) is 12.8 Å². The van der Waals surface area contributed by atoms with E-state index >= 15 is 0 Å². The Morgan fingerprint density at radius 3 is 2.90 bits per heavy atom. The molecule has 0 atom stereocenters. The summed E-state index contributed by atoms with van der Waals surface area (Å²) >= 11 is 0. The molecule has 1 aliphatic rings. The van der Waals surface area contributed by atoms with Crippen LogP contribution in [0.3, 0.4) is 0 Å². The van der Waals surface area contributed by atoms with Gasteiger partial charge >= 0.3 is 0 Å². The lowest BCUT2D eigenvalue weighted by Gasteiger charge is -2.21. The van der Waals surface area contributed by atoms with E-state index in [1.165, 1.54) is 6.07 Å². The Bertz CT molecular complexity index is 669. The molecule has 5 heteroatoms. The van der Waals surface area contributed by atoms with Gasteiger partial charge in [0.15, 0.2) is 0 Å². The van der Waals surface area contributed by atoms with Crippen molar-refractivity contribution < 1.29 is 4.39 Å². The molecule has 0 saturated carbocycles. The monoisotopic (exact) mass is 272 g/mol. The SMILES string of the molecule is CCc1nc(N)c(C)c(N2CCc3ccc(F)cc32)n1. The quantitative estimate of drug-likeness (QED) is 0.913. The zero-order chi connectivity index (χ0) is 14.3. The maximum atomic E-state index is 13.5. The Morgan fingerprint density at radius 1 is 1.35 bits per heavy atom. The topological polar surface area (TPSA) is 55.0 Å². The van der Waals surface area contributed by atoms with Crippen LogP contribution in [0.5, 0.6) is 0 Å². The fourth-order valence-electron chi connectivity index (χ4n) is 2.56. The van der Waals surface area contributed by atoms with Crippen molar-refractivity contribution in [2.24, 2.45) is 0 Å². The highest BCUT2D eigenvalue weighted by Crippen LogP contribution is 2.36. The van der Waals surface area contributed by atoms with Crippen LogP contribution in [-0.4, -0.2) is 16.5 Å². The van der Waals surface area contributed by atoms with Crippen LogP contribution in [0.2, 0.25) is 0 Å². The minimum atomic E-state index is -0.231. The highest BCUT2D eigenvalue weighted by atomic mass is 19.1. The van der Waals surface area contributed by atoms with Crippen LogP contribution >= 0.6 is 0 Å². The molecule has 0 bridgehead atoms. The third kappa shape index (κ3) is 1.99. The summed E-state index contributed by atoms with van der Waals surface area (Å²) in [6.07, 6.45) is 1.61. The number of aryl methyl sites for hydroxylation is 1. The summed E-state index contributed by atoms with van der Waals surface area (Å²) in [7, 11) is 0. The van der Waals surface area contributed by atoms with Gasteiger partial charge in [-0.2, -0.15) is 0 Å². The van der Waals surface area contributed by atoms with Gasteiger partial charge in [0, 0.05) is 24.2 Å². The average Bonchev–Trinajstić information content (AvgIpc) is 2.84. The van der Waals surface area contributed by atoms with Crippen molar-refractivity contribution in [2.45, 2.75) is 26.7 Å². The van der Waals surface area contributed by atoms with Gasteiger partial charge in [-0.1, -0.05) is 13.0 Å². The molecule has 2 N–H and O–H groups in total. The summed E-state index contributed by atoms with van der Waals surface area (Å²) in [5.74, 6) is 1.77. The van der Waals surface area contributed by atoms with E-state index in [0.717, 1.165) is 42.0 Å². The molecule has 0 spiro atoms. The van der Waals surface area contributed by atoms with Crippen LogP contribution in [0.15, 0.2) is 18.2 Å². The normalized spacial score (nSPS) is 13.7. The summed E-state index contributed by atoms with van der Waals surface area (Å²) in [5, 5.41) is 0. The highest BCUT2D eigenvalue weighted by molar-refractivity contribution is 5.71. The summed E-state index contributed by atoms with van der Waals surface area (Å²) in [4.78, 5) is 10.9. The molecule has 104 valence electrons. The molecule has 2 aromatic rings. The molecule has 0 amide bonds. The van der Waals surface area contributed by atoms with Crippen LogP contribution < -0.4 is 10.6 Å². The van der Waals surface area contributed by atoms with Gasteiger partial charge < -0.3 is 10.6 Å². The lowest BCUT2D eigenvalue weighted by Crippen LogP contribution is -2.18. The summed E-state index contributed by atoms with van der Waals surface area (Å²) in [5.41, 5.74) is 8.83. The van der Waals surface area contributed by atoms with Crippen molar-refractivity contribution in [3.05, 3.63) is 41.0 Å². The first-order valence-corrected chi connectivity index (χ1v) is 6.79. The second-order valence-electron chi connectivity index (χ2n) is 5.00. The van der Waals surface area contributed by atoms with Crippen molar-refractivity contribution in [1.82, 2.24) is 9.97 Å². The molecule has 1 aromatic heterocycles. The number of nitrogen functional groups attached to an aromatic ring is 1. The Hall–Kier alpha value is -2.17.